The lowest BCUT2D eigenvalue weighted by Crippen LogP contribution is -2.42. The average molecular weight is 442 g/mol. The summed E-state index contributed by atoms with van der Waals surface area (Å²) in [5.74, 6) is -4.59. The molecule has 0 saturated heterocycles. The lowest BCUT2D eigenvalue weighted by Gasteiger charge is -2.31. The molecule has 0 spiro atoms. The number of rotatable bonds is 12. The van der Waals surface area contributed by atoms with E-state index in [1.54, 1.807) is 29.5 Å². The first-order chi connectivity index (χ1) is 10.1. The van der Waals surface area contributed by atoms with Crippen LogP contribution in [0.3, 0.4) is 0 Å². The summed E-state index contributed by atoms with van der Waals surface area (Å²) in [6.07, 6.45) is 2.82. The zero-order valence-corrected chi connectivity index (χ0v) is 15.7. The van der Waals surface area contributed by atoms with E-state index in [1.807, 2.05) is 0 Å². The summed E-state index contributed by atoms with van der Waals surface area (Å²) in [5.41, 5.74) is 0. The van der Waals surface area contributed by atoms with Crippen LogP contribution < -0.4 is 0 Å². The molecule has 0 amide bonds. The predicted octanol–water partition coefficient (Wildman–Crippen LogP) is 7.69. The maximum Gasteiger partial charge on any atom is 0.453 e. The van der Waals surface area contributed by atoms with Crippen LogP contribution >= 0.6 is 22.6 Å². The molecule has 0 saturated carbocycles. The van der Waals surface area contributed by atoms with Gasteiger partial charge in [-0.3, -0.25) is 0 Å². The first-order valence-corrected chi connectivity index (χ1v) is 9.29. The summed E-state index contributed by atoms with van der Waals surface area (Å²) >= 11 is 1.80. The lowest BCUT2D eigenvalue weighted by molar-refractivity contribution is -0.286. The fourth-order valence-corrected chi connectivity index (χ4v) is 3.32. The van der Waals surface area contributed by atoms with Crippen LogP contribution in [0.2, 0.25) is 0 Å². The third-order valence-corrected chi connectivity index (χ3v) is 5.75. The Labute approximate surface area is 144 Å². The number of alkyl halides is 6. The molecule has 0 aromatic rings. The molecule has 0 bridgehead atoms. The standard InChI is InChI=1S/C16H28F5I/c1-3-5-6-7-8-9-10-11-12-14(22,4-2)13-15(17,18)16(19,20)21/h3-13H2,1-2H3. The molecule has 134 valence electrons. The number of unbranched alkanes of at least 4 members (excludes halogenated alkanes) is 7. The second kappa shape index (κ2) is 10.3. The topological polar surface area (TPSA) is 0 Å². The lowest BCUT2D eigenvalue weighted by atomic mass is 9.91. The summed E-state index contributed by atoms with van der Waals surface area (Å²) in [6.45, 7) is 3.84. The first-order valence-electron chi connectivity index (χ1n) is 8.21. The van der Waals surface area contributed by atoms with Gasteiger partial charge >= 0.3 is 12.1 Å². The molecule has 0 aromatic heterocycles. The van der Waals surface area contributed by atoms with E-state index in [4.69, 9.17) is 0 Å². The third kappa shape index (κ3) is 8.87. The zero-order valence-electron chi connectivity index (χ0n) is 13.5. The van der Waals surface area contributed by atoms with Crippen molar-refractivity contribution < 1.29 is 22.0 Å². The maximum atomic E-state index is 13.2. The van der Waals surface area contributed by atoms with Gasteiger partial charge in [-0.15, -0.1) is 0 Å². The van der Waals surface area contributed by atoms with Gasteiger partial charge in [0.05, 0.1) is 0 Å². The van der Waals surface area contributed by atoms with Crippen molar-refractivity contribution in [1.82, 2.24) is 0 Å². The van der Waals surface area contributed by atoms with Gasteiger partial charge in [0.2, 0.25) is 0 Å². The molecule has 0 aromatic carbocycles. The first kappa shape index (κ1) is 22.4. The van der Waals surface area contributed by atoms with Crippen molar-refractivity contribution in [2.24, 2.45) is 0 Å². The molecule has 1 unspecified atom stereocenters. The van der Waals surface area contributed by atoms with Gasteiger partial charge in [0, 0.05) is 9.84 Å². The minimum absolute atomic E-state index is 0.329. The van der Waals surface area contributed by atoms with E-state index < -0.39 is 21.9 Å². The fraction of sp³-hybridized carbons (Fsp3) is 1.00. The van der Waals surface area contributed by atoms with Crippen molar-refractivity contribution in [3.8, 4) is 0 Å². The fourth-order valence-electron chi connectivity index (χ4n) is 2.46. The summed E-state index contributed by atoms with van der Waals surface area (Å²) in [4.78, 5) is 0. The highest BCUT2D eigenvalue weighted by molar-refractivity contribution is 14.1. The van der Waals surface area contributed by atoms with Gasteiger partial charge in [0.1, 0.15) is 0 Å². The van der Waals surface area contributed by atoms with Gasteiger partial charge in [-0.1, -0.05) is 87.8 Å². The molecular weight excluding hydrogens is 414 g/mol. The molecule has 0 nitrogen and oxygen atoms in total. The van der Waals surface area contributed by atoms with Crippen LogP contribution in [0.5, 0.6) is 0 Å². The van der Waals surface area contributed by atoms with Crippen LogP contribution in [0.15, 0.2) is 0 Å². The number of hydrogen-bond donors (Lipinski definition) is 0. The molecule has 6 heteroatoms. The van der Waals surface area contributed by atoms with Crippen molar-refractivity contribution in [2.75, 3.05) is 0 Å². The second-order valence-corrected chi connectivity index (χ2v) is 8.40. The van der Waals surface area contributed by atoms with Crippen LogP contribution in [-0.2, 0) is 0 Å². The molecule has 0 radical (unpaired) electrons. The van der Waals surface area contributed by atoms with Gasteiger partial charge in [-0.2, -0.15) is 22.0 Å². The van der Waals surface area contributed by atoms with E-state index in [1.165, 1.54) is 25.7 Å². The molecule has 0 aliphatic carbocycles. The van der Waals surface area contributed by atoms with Crippen molar-refractivity contribution in [3.05, 3.63) is 0 Å². The Kier molecular flexibility index (Phi) is 10.5. The highest BCUT2D eigenvalue weighted by atomic mass is 127. The van der Waals surface area contributed by atoms with Gasteiger partial charge < -0.3 is 0 Å². The van der Waals surface area contributed by atoms with Crippen LogP contribution in [0, 0.1) is 0 Å². The van der Waals surface area contributed by atoms with E-state index in [2.05, 4.69) is 6.92 Å². The van der Waals surface area contributed by atoms with E-state index in [0.717, 1.165) is 25.7 Å². The monoisotopic (exact) mass is 442 g/mol. The summed E-state index contributed by atoms with van der Waals surface area (Å²) in [7, 11) is 0. The summed E-state index contributed by atoms with van der Waals surface area (Å²) in [5, 5.41) is 0. The summed E-state index contributed by atoms with van der Waals surface area (Å²) in [6, 6.07) is 0. The quantitative estimate of drug-likeness (QED) is 0.126. The van der Waals surface area contributed by atoms with Gasteiger partial charge in [-0.05, 0) is 12.8 Å². The van der Waals surface area contributed by atoms with Crippen molar-refractivity contribution in [3.63, 3.8) is 0 Å². The minimum atomic E-state index is -5.45. The van der Waals surface area contributed by atoms with Crippen molar-refractivity contribution in [1.29, 1.82) is 0 Å². The molecule has 0 aliphatic rings. The Bertz CT molecular complexity index is 291. The Morgan fingerprint density at radius 1 is 0.727 bits per heavy atom. The summed E-state index contributed by atoms with van der Waals surface area (Å²) < 4.78 is 62.5. The number of hydrogen-bond acceptors (Lipinski definition) is 0. The van der Waals surface area contributed by atoms with Crippen LogP contribution in [-0.4, -0.2) is 15.5 Å². The second-order valence-electron chi connectivity index (χ2n) is 6.11. The van der Waals surface area contributed by atoms with Crippen LogP contribution in [0.25, 0.3) is 0 Å². The van der Waals surface area contributed by atoms with E-state index >= 15 is 0 Å². The molecular formula is C16H28F5I. The maximum absolute atomic E-state index is 13.2. The Morgan fingerprint density at radius 2 is 1.18 bits per heavy atom. The third-order valence-electron chi connectivity index (χ3n) is 4.07. The van der Waals surface area contributed by atoms with Crippen LogP contribution in [0.4, 0.5) is 22.0 Å². The van der Waals surface area contributed by atoms with E-state index in [-0.39, 0.29) is 0 Å². The van der Waals surface area contributed by atoms with Gasteiger partial charge in [-0.25, -0.2) is 0 Å². The average Bonchev–Trinajstić information content (AvgIpc) is 2.40. The largest absolute Gasteiger partial charge is 0.453 e. The van der Waals surface area contributed by atoms with Gasteiger partial charge in [0.15, 0.2) is 0 Å². The molecule has 0 rings (SSSR count). The number of halogens is 6. The normalized spacial score (nSPS) is 15.8. The highest BCUT2D eigenvalue weighted by Crippen LogP contribution is 2.46. The smallest absolute Gasteiger partial charge is 0.196 e. The van der Waals surface area contributed by atoms with Gasteiger partial charge in [0.25, 0.3) is 0 Å². The van der Waals surface area contributed by atoms with Crippen molar-refractivity contribution in [2.45, 2.75) is 100.0 Å². The Hall–Kier alpha value is 0.380. The molecule has 0 heterocycles. The molecule has 22 heavy (non-hydrogen) atoms. The molecule has 1 atom stereocenters. The highest BCUT2D eigenvalue weighted by Gasteiger charge is 2.59. The minimum Gasteiger partial charge on any atom is -0.196 e. The SMILES string of the molecule is CCCCCCCCCCC(I)(CC)CC(F)(F)C(F)(F)F. The van der Waals surface area contributed by atoms with E-state index in [9.17, 15) is 22.0 Å². The zero-order chi connectivity index (χ0) is 17.3. The Morgan fingerprint density at radius 3 is 1.59 bits per heavy atom. The Balaban J connectivity index is 4.08. The molecule has 0 N–H and O–H groups in total. The van der Waals surface area contributed by atoms with Crippen LogP contribution in [0.1, 0.15) is 84.5 Å². The molecule has 0 fully saturated rings. The van der Waals surface area contributed by atoms with Crippen molar-refractivity contribution >= 4 is 22.6 Å². The molecule has 0 aliphatic heterocycles. The van der Waals surface area contributed by atoms with E-state index in [0.29, 0.717) is 12.8 Å². The predicted molar refractivity (Wildman–Crippen MR) is 89.9 cm³/mol.